The first kappa shape index (κ1) is 20.7. The van der Waals surface area contributed by atoms with Gasteiger partial charge >= 0.3 is 0 Å². The van der Waals surface area contributed by atoms with E-state index in [0.717, 1.165) is 50.3 Å². The quantitative estimate of drug-likeness (QED) is 0.408. The molecule has 0 atom stereocenters. The van der Waals surface area contributed by atoms with Gasteiger partial charge in [0.15, 0.2) is 0 Å². The summed E-state index contributed by atoms with van der Waals surface area (Å²) in [5, 5.41) is 9.18. The van der Waals surface area contributed by atoms with E-state index in [1.54, 1.807) is 34.8 Å². The molecule has 1 aromatic carbocycles. The molecule has 0 aliphatic rings. The Hall–Kier alpha value is -4.20. The molecule has 0 saturated carbocycles. The molecule has 0 unspecified atom stereocenters. The summed E-state index contributed by atoms with van der Waals surface area (Å²) in [7, 11) is 3.50. The number of nitrogens with zero attached hydrogens (tertiary/aromatic N) is 5. The van der Waals surface area contributed by atoms with E-state index < -0.39 is 0 Å². The van der Waals surface area contributed by atoms with E-state index in [9.17, 15) is 4.79 Å². The number of fused-ring (bicyclic) bond motifs is 1. The summed E-state index contributed by atoms with van der Waals surface area (Å²) in [6.45, 7) is 4.12. The van der Waals surface area contributed by atoms with Gasteiger partial charge in [-0.3, -0.25) is 14.5 Å². The summed E-state index contributed by atoms with van der Waals surface area (Å²) < 4.78 is 14.5. The molecule has 4 heterocycles. The molecule has 0 aliphatic carbocycles. The summed E-state index contributed by atoms with van der Waals surface area (Å²) in [4.78, 5) is 17.4. The van der Waals surface area contributed by atoms with Crippen molar-refractivity contribution in [2.75, 3.05) is 7.11 Å². The molecule has 8 heteroatoms. The first-order valence-corrected chi connectivity index (χ1v) is 10.5. The maximum absolute atomic E-state index is 12.8. The third-order valence-corrected chi connectivity index (χ3v) is 5.80. The Morgan fingerprint density at radius 3 is 2.55 bits per heavy atom. The number of aryl methyl sites for hydroxylation is 3. The van der Waals surface area contributed by atoms with Crippen LogP contribution in [0, 0.1) is 13.8 Å². The van der Waals surface area contributed by atoms with E-state index in [1.807, 2.05) is 57.4 Å². The van der Waals surface area contributed by atoms with Gasteiger partial charge < -0.3 is 13.8 Å². The molecular weight excluding hydrogens is 418 g/mol. The van der Waals surface area contributed by atoms with Gasteiger partial charge in [-0.15, -0.1) is 0 Å². The van der Waals surface area contributed by atoms with E-state index in [2.05, 4.69) is 15.2 Å². The third kappa shape index (κ3) is 3.69. The van der Waals surface area contributed by atoms with Crippen LogP contribution in [0.4, 0.5) is 0 Å². The van der Waals surface area contributed by atoms with Crippen molar-refractivity contribution in [3.05, 3.63) is 82.5 Å². The van der Waals surface area contributed by atoms with Crippen LogP contribution in [-0.2, 0) is 13.6 Å². The summed E-state index contributed by atoms with van der Waals surface area (Å²) >= 11 is 0. The van der Waals surface area contributed by atoms with E-state index in [0.29, 0.717) is 12.3 Å². The van der Waals surface area contributed by atoms with Crippen LogP contribution in [0.5, 0.6) is 5.75 Å². The van der Waals surface area contributed by atoms with Gasteiger partial charge in [-0.2, -0.15) is 5.10 Å². The predicted molar refractivity (Wildman–Crippen MR) is 125 cm³/mol. The standard InChI is InChI=1S/C25H23N5O3/c1-15-25(16(2)33-28-15)21-9-17-6-8-24(31)30(22(17)10-23(21)32-4)14-20-7-5-18(11-26-20)19-12-27-29(3)13-19/h5-13H,14H2,1-4H3. The van der Waals surface area contributed by atoms with Crippen LogP contribution in [0.2, 0.25) is 0 Å². The number of benzene rings is 1. The number of rotatable bonds is 5. The number of methoxy groups -OCH3 is 1. The van der Waals surface area contributed by atoms with Crippen LogP contribution >= 0.6 is 0 Å². The molecule has 4 aromatic heterocycles. The normalized spacial score (nSPS) is 11.3. The zero-order valence-electron chi connectivity index (χ0n) is 18.9. The lowest BCUT2D eigenvalue weighted by Crippen LogP contribution is -2.20. The number of aromatic nitrogens is 5. The van der Waals surface area contributed by atoms with Crippen LogP contribution in [0.1, 0.15) is 17.1 Å². The Kier molecular flexibility index (Phi) is 5.05. The summed E-state index contributed by atoms with van der Waals surface area (Å²) in [5.74, 6) is 1.37. The largest absolute Gasteiger partial charge is 0.496 e. The van der Waals surface area contributed by atoms with Gasteiger partial charge in [0.1, 0.15) is 11.5 Å². The van der Waals surface area contributed by atoms with Crippen molar-refractivity contribution >= 4 is 10.9 Å². The topological polar surface area (TPSA) is 88.0 Å². The Morgan fingerprint density at radius 2 is 1.91 bits per heavy atom. The van der Waals surface area contributed by atoms with Gasteiger partial charge in [-0.25, -0.2) is 0 Å². The molecule has 0 spiro atoms. The second kappa shape index (κ2) is 8.05. The van der Waals surface area contributed by atoms with Gasteiger partial charge in [-0.1, -0.05) is 11.2 Å². The van der Waals surface area contributed by atoms with Crippen molar-refractivity contribution in [1.29, 1.82) is 0 Å². The summed E-state index contributed by atoms with van der Waals surface area (Å²) in [6, 6.07) is 11.2. The molecule has 0 aliphatic heterocycles. The van der Waals surface area contributed by atoms with Crippen LogP contribution < -0.4 is 10.3 Å². The van der Waals surface area contributed by atoms with Crippen molar-refractivity contribution in [2.24, 2.45) is 7.05 Å². The second-order valence-corrected chi connectivity index (χ2v) is 8.01. The maximum atomic E-state index is 12.8. The Balaban J connectivity index is 1.57. The van der Waals surface area contributed by atoms with Crippen molar-refractivity contribution < 1.29 is 9.26 Å². The highest BCUT2D eigenvalue weighted by Crippen LogP contribution is 2.37. The first-order chi connectivity index (χ1) is 15.9. The minimum atomic E-state index is -0.104. The van der Waals surface area contributed by atoms with Crippen LogP contribution in [0.25, 0.3) is 33.2 Å². The number of pyridine rings is 2. The Bertz CT molecular complexity index is 1510. The molecular formula is C25H23N5O3. The van der Waals surface area contributed by atoms with Gasteiger partial charge in [-0.05, 0) is 37.4 Å². The molecule has 166 valence electrons. The van der Waals surface area contributed by atoms with E-state index in [1.165, 1.54) is 0 Å². The minimum Gasteiger partial charge on any atom is -0.496 e. The third-order valence-electron chi connectivity index (χ3n) is 5.80. The SMILES string of the molecule is COc1cc2c(ccc(=O)n2Cc2ccc(-c3cnn(C)c3)cn2)cc1-c1c(C)noc1C. The molecule has 0 bridgehead atoms. The average Bonchev–Trinajstić information content (AvgIpc) is 3.40. The molecule has 0 radical (unpaired) electrons. The van der Waals surface area contributed by atoms with E-state index in [-0.39, 0.29) is 5.56 Å². The molecule has 0 saturated heterocycles. The van der Waals surface area contributed by atoms with E-state index in [4.69, 9.17) is 9.26 Å². The van der Waals surface area contributed by atoms with E-state index >= 15 is 0 Å². The minimum absolute atomic E-state index is 0.104. The van der Waals surface area contributed by atoms with Crippen LogP contribution in [0.3, 0.4) is 0 Å². The smallest absolute Gasteiger partial charge is 0.251 e. The molecule has 33 heavy (non-hydrogen) atoms. The number of ether oxygens (including phenoxy) is 1. The highest BCUT2D eigenvalue weighted by molar-refractivity contribution is 5.89. The Labute approximate surface area is 190 Å². The van der Waals surface area contributed by atoms with Gasteiger partial charge in [0.2, 0.25) is 0 Å². The van der Waals surface area contributed by atoms with Crippen molar-refractivity contribution in [3.8, 4) is 28.0 Å². The van der Waals surface area contributed by atoms with Gasteiger partial charge in [0, 0.05) is 48.3 Å². The highest BCUT2D eigenvalue weighted by Gasteiger charge is 2.18. The summed E-state index contributed by atoms with van der Waals surface area (Å²) in [5.41, 5.74) is 5.99. The van der Waals surface area contributed by atoms with Gasteiger partial charge in [0.05, 0.1) is 42.3 Å². The molecule has 0 amide bonds. The molecule has 5 aromatic rings. The lowest BCUT2D eigenvalue weighted by Gasteiger charge is -2.14. The van der Waals surface area contributed by atoms with Crippen LogP contribution in [-0.4, -0.2) is 31.6 Å². The average molecular weight is 441 g/mol. The summed E-state index contributed by atoms with van der Waals surface area (Å²) in [6.07, 6.45) is 5.54. The zero-order chi connectivity index (χ0) is 23.1. The highest BCUT2D eigenvalue weighted by atomic mass is 16.5. The lowest BCUT2D eigenvalue weighted by atomic mass is 10.0. The maximum Gasteiger partial charge on any atom is 0.251 e. The molecule has 8 nitrogen and oxygen atoms in total. The fourth-order valence-electron chi connectivity index (χ4n) is 4.14. The predicted octanol–water partition coefficient (Wildman–Crippen LogP) is 4.13. The monoisotopic (exact) mass is 441 g/mol. The second-order valence-electron chi connectivity index (χ2n) is 8.01. The molecule has 0 fully saturated rings. The first-order valence-electron chi connectivity index (χ1n) is 10.5. The van der Waals surface area contributed by atoms with Crippen molar-refractivity contribution in [1.82, 2.24) is 24.5 Å². The van der Waals surface area contributed by atoms with Crippen molar-refractivity contribution in [3.63, 3.8) is 0 Å². The van der Waals surface area contributed by atoms with Crippen LogP contribution in [0.15, 0.2) is 64.3 Å². The lowest BCUT2D eigenvalue weighted by molar-refractivity contribution is 0.393. The number of hydrogen-bond acceptors (Lipinski definition) is 6. The molecule has 0 N–H and O–H groups in total. The fourth-order valence-corrected chi connectivity index (χ4v) is 4.14. The zero-order valence-corrected chi connectivity index (χ0v) is 18.9. The van der Waals surface area contributed by atoms with Crippen molar-refractivity contribution in [2.45, 2.75) is 20.4 Å². The molecule has 5 rings (SSSR count). The number of hydrogen-bond donors (Lipinski definition) is 0. The fraction of sp³-hybridized carbons (Fsp3) is 0.200. The van der Waals surface area contributed by atoms with Gasteiger partial charge in [0.25, 0.3) is 5.56 Å². The Morgan fingerprint density at radius 1 is 1.06 bits per heavy atom.